The minimum atomic E-state index is 0. The molecule has 0 spiro atoms. The third-order valence-corrected chi connectivity index (χ3v) is 5.55. The Balaban J connectivity index is 0.00000324. The van der Waals surface area contributed by atoms with Crippen molar-refractivity contribution in [3.63, 3.8) is 0 Å². The number of fused-ring (bicyclic) bond motifs is 1. The maximum atomic E-state index is 12.0. The zero-order chi connectivity index (χ0) is 23.2. The van der Waals surface area contributed by atoms with E-state index in [4.69, 9.17) is 4.74 Å². The number of hydrogen-bond acceptors (Lipinski definition) is 7. The number of hydrogen-bond donors (Lipinski definition) is 1. The Bertz CT molecular complexity index is 1260. The van der Waals surface area contributed by atoms with E-state index in [1.807, 2.05) is 37.3 Å². The molecule has 0 unspecified atom stereocenters. The summed E-state index contributed by atoms with van der Waals surface area (Å²) in [6.07, 6.45) is 6.42. The Morgan fingerprint density at radius 1 is 1.15 bits per heavy atom. The van der Waals surface area contributed by atoms with Gasteiger partial charge in [-0.15, -0.1) is 0 Å². The summed E-state index contributed by atoms with van der Waals surface area (Å²) < 4.78 is 7.14. The monoisotopic (exact) mass is 478 g/mol. The number of nitrogens with one attached hydrogen (secondary N) is 1. The van der Waals surface area contributed by atoms with Crippen molar-refractivity contribution in [2.75, 3.05) is 19.0 Å². The predicted octanol–water partition coefficient (Wildman–Crippen LogP) is 4.59. The van der Waals surface area contributed by atoms with Gasteiger partial charge in [-0.25, -0.2) is 19.6 Å². The van der Waals surface area contributed by atoms with Crippen molar-refractivity contribution in [2.24, 2.45) is 0 Å². The van der Waals surface area contributed by atoms with E-state index in [9.17, 15) is 4.79 Å². The fraction of sp³-hybridized carbons (Fsp3) is 0.320. The van der Waals surface area contributed by atoms with E-state index in [0.29, 0.717) is 18.6 Å². The van der Waals surface area contributed by atoms with E-state index in [2.05, 4.69) is 38.4 Å². The van der Waals surface area contributed by atoms with E-state index in [0.717, 1.165) is 40.2 Å². The molecule has 1 N–H and O–H groups in total. The highest BCUT2D eigenvalue weighted by Crippen LogP contribution is 2.27. The fourth-order valence-electron chi connectivity index (χ4n) is 3.81. The van der Waals surface area contributed by atoms with Gasteiger partial charge in [-0.1, -0.05) is 32.0 Å². The summed E-state index contributed by atoms with van der Waals surface area (Å²) in [5.74, 6) is 2.01. The third-order valence-electron chi connectivity index (χ3n) is 5.55. The van der Waals surface area contributed by atoms with Crippen LogP contribution in [0.3, 0.4) is 0 Å². The number of aromatic nitrogens is 5. The minimum Gasteiger partial charge on any atom is -0.496 e. The highest BCUT2D eigenvalue weighted by atomic mass is 32.1. The molecule has 1 atom stereocenters. The van der Waals surface area contributed by atoms with E-state index in [1.165, 1.54) is 0 Å². The molecular weight excluding hydrogens is 448 g/mol. The van der Waals surface area contributed by atoms with E-state index < -0.39 is 0 Å². The van der Waals surface area contributed by atoms with Crippen LogP contribution >= 0.6 is 13.5 Å². The number of pyridine rings is 1. The van der Waals surface area contributed by atoms with Crippen LogP contribution in [0.1, 0.15) is 38.2 Å². The van der Waals surface area contributed by atoms with Crippen molar-refractivity contribution in [2.45, 2.75) is 39.2 Å². The average Bonchev–Trinajstić information content (AvgIpc) is 3.24. The molecule has 8 nitrogen and oxygen atoms in total. The van der Waals surface area contributed by atoms with Gasteiger partial charge in [0.1, 0.15) is 24.4 Å². The number of benzene rings is 1. The number of para-hydroxylation sites is 1. The number of ketones is 1. The molecule has 3 aromatic heterocycles. The van der Waals surface area contributed by atoms with Crippen molar-refractivity contribution >= 4 is 36.1 Å². The second kappa shape index (κ2) is 11.6. The Labute approximate surface area is 206 Å². The SMILES string of the molecule is CCCC(=O)Cn1ncc2cc(-c3cc(NC[C@@H](C)c4ccccc4OC)ncn3)cnc21.S. The molecule has 0 fully saturated rings. The molecule has 4 aromatic rings. The number of carbonyl (C=O) groups is 1. The normalized spacial score (nSPS) is 11.6. The van der Waals surface area contributed by atoms with Crippen molar-refractivity contribution < 1.29 is 9.53 Å². The Morgan fingerprint density at radius 2 is 1.97 bits per heavy atom. The van der Waals surface area contributed by atoms with Crippen molar-refractivity contribution in [1.82, 2.24) is 24.7 Å². The van der Waals surface area contributed by atoms with Crippen LogP contribution in [0.4, 0.5) is 5.82 Å². The van der Waals surface area contributed by atoms with Gasteiger partial charge < -0.3 is 10.1 Å². The molecular formula is C25H30N6O2S. The fourth-order valence-corrected chi connectivity index (χ4v) is 3.81. The van der Waals surface area contributed by atoms with E-state index >= 15 is 0 Å². The van der Waals surface area contributed by atoms with Gasteiger partial charge in [-0.2, -0.15) is 18.6 Å². The molecule has 0 aliphatic rings. The number of ether oxygens (including phenoxy) is 1. The molecule has 9 heteroatoms. The first-order valence-corrected chi connectivity index (χ1v) is 11.1. The number of methoxy groups -OCH3 is 1. The maximum absolute atomic E-state index is 12.0. The molecule has 0 radical (unpaired) electrons. The first-order chi connectivity index (χ1) is 16.1. The summed E-state index contributed by atoms with van der Waals surface area (Å²) in [5.41, 5.74) is 3.47. The lowest BCUT2D eigenvalue weighted by atomic mass is 10.00. The highest BCUT2D eigenvalue weighted by Gasteiger charge is 2.13. The van der Waals surface area contributed by atoms with E-state index in [1.54, 1.807) is 30.5 Å². The van der Waals surface area contributed by atoms with Crippen LogP contribution in [-0.2, 0) is 11.3 Å². The molecule has 0 bridgehead atoms. The second-order valence-electron chi connectivity index (χ2n) is 8.04. The van der Waals surface area contributed by atoms with Crippen LogP contribution in [-0.4, -0.2) is 44.2 Å². The van der Waals surface area contributed by atoms with Crippen molar-refractivity contribution in [3.8, 4) is 17.0 Å². The highest BCUT2D eigenvalue weighted by molar-refractivity contribution is 7.59. The van der Waals surface area contributed by atoms with Crippen molar-refractivity contribution in [3.05, 3.63) is 60.7 Å². The van der Waals surface area contributed by atoms with Gasteiger partial charge in [0.05, 0.1) is 19.0 Å². The number of anilines is 1. The van der Waals surface area contributed by atoms with Crippen LogP contribution < -0.4 is 10.1 Å². The molecule has 34 heavy (non-hydrogen) atoms. The quantitative estimate of drug-likeness (QED) is 0.356. The summed E-state index contributed by atoms with van der Waals surface area (Å²) in [6, 6.07) is 11.9. The smallest absolute Gasteiger partial charge is 0.158 e. The molecule has 0 saturated heterocycles. The molecule has 3 heterocycles. The van der Waals surface area contributed by atoms with Gasteiger partial charge in [-0.3, -0.25) is 4.79 Å². The Hall–Kier alpha value is -3.46. The largest absolute Gasteiger partial charge is 0.496 e. The lowest BCUT2D eigenvalue weighted by molar-refractivity contribution is -0.119. The molecule has 0 aliphatic carbocycles. The lowest BCUT2D eigenvalue weighted by Gasteiger charge is -2.16. The molecule has 4 rings (SSSR count). The van der Waals surface area contributed by atoms with Crippen molar-refractivity contribution in [1.29, 1.82) is 0 Å². The van der Waals surface area contributed by atoms with Crippen LogP contribution in [0.2, 0.25) is 0 Å². The van der Waals surface area contributed by atoms with Gasteiger partial charge in [-0.05, 0) is 24.1 Å². The number of rotatable bonds is 10. The molecule has 0 amide bonds. The second-order valence-corrected chi connectivity index (χ2v) is 8.04. The van der Waals surface area contributed by atoms with Gasteiger partial charge in [0.2, 0.25) is 0 Å². The number of Topliss-reactive ketones (excluding diaryl/α,β-unsaturated/α-hetero) is 1. The molecule has 0 saturated carbocycles. The van der Waals surface area contributed by atoms with Crippen LogP contribution in [0, 0.1) is 0 Å². The van der Waals surface area contributed by atoms with Crippen LogP contribution in [0.5, 0.6) is 5.75 Å². The first-order valence-electron chi connectivity index (χ1n) is 11.1. The zero-order valence-corrected chi connectivity index (χ0v) is 20.7. The van der Waals surface area contributed by atoms with Gasteiger partial charge >= 0.3 is 0 Å². The van der Waals surface area contributed by atoms with Crippen LogP contribution in [0.25, 0.3) is 22.3 Å². The lowest BCUT2D eigenvalue weighted by Crippen LogP contribution is -2.12. The van der Waals surface area contributed by atoms with Gasteiger partial charge in [0, 0.05) is 42.1 Å². The predicted molar refractivity (Wildman–Crippen MR) is 139 cm³/mol. The topological polar surface area (TPSA) is 94.8 Å². The summed E-state index contributed by atoms with van der Waals surface area (Å²) in [5, 5.41) is 8.61. The molecule has 0 aliphatic heterocycles. The van der Waals surface area contributed by atoms with Crippen LogP contribution in [0.15, 0.2) is 55.1 Å². The Kier molecular flexibility index (Phi) is 8.59. The summed E-state index contributed by atoms with van der Waals surface area (Å²) >= 11 is 0. The average molecular weight is 479 g/mol. The standard InChI is InChI=1S/C25H28N6O2.H2S/c1-4-7-20(32)15-31-25-19(14-30-31)10-18(13-27-25)22-11-24(29-16-28-22)26-12-17(2)21-8-5-6-9-23(21)33-3;/h5-6,8-11,13-14,16-17H,4,7,12,15H2,1-3H3,(H,26,28,29);1H2/t17-;/m1./s1. The maximum Gasteiger partial charge on any atom is 0.158 e. The minimum absolute atomic E-state index is 0. The zero-order valence-electron chi connectivity index (χ0n) is 19.7. The van der Waals surface area contributed by atoms with Gasteiger partial charge in [0.25, 0.3) is 0 Å². The number of nitrogens with zero attached hydrogens (tertiary/aromatic N) is 5. The third kappa shape index (κ3) is 5.72. The summed E-state index contributed by atoms with van der Waals surface area (Å²) in [4.78, 5) is 25.3. The Morgan fingerprint density at radius 3 is 2.76 bits per heavy atom. The van der Waals surface area contributed by atoms with Gasteiger partial charge in [0.15, 0.2) is 11.4 Å². The summed E-state index contributed by atoms with van der Waals surface area (Å²) in [7, 11) is 1.69. The van der Waals surface area contributed by atoms with E-state index in [-0.39, 0.29) is 31.7 Å². The number of carbonyl (C=O) groups excluding carboxylic acids is 1. The first kappa shape index (κ1) is 25.2. The molecule has 178 valence electrons. The summed E-state index contributed by atoms with van der Waals surface area (Å²) in [6.45, 7) is 5.09. The molecule has 1 aromatic carbocycles.